The van der Waals surface area contributed by atoms with Crippen LogP contribution in [0.1, 0.15) is 25.0 Å². The van der Waals surface area contributed by atoms with Gasteiger partial charge in [-0.2, -0.15) is 0 Å². The average Bonchev–Trinajstić information content (AvgIpc) is 3.13. The van der Waals surface area contributed by atoms with Crippen LogP contribution in [0.5, 0.6) is 11.5 Å². The van der Waals surface area contributed by atoms with Gasteiger partial charge in [-0.05, 0) is 44.8 Å². The average molecular weight is 412 g/mol. The van der Waals surface area contributed by atoms with Crippen molar-refractivity contribution in [2.24, 2.45) is 0 Å². The van der Waals surface area contributed by atoms with Crippen LogP contribution in [-0.4, -0.2) is 57.5 Å². The van der Waals surface area contributed by atoms with Gasteiger partial charge in [0.15, 0.2) is 0 Å². The summed E-state index contributed by atoms with van der Waals surface area (Å²) in [4.78, 5) is 16.0. The van der Waals surface area contributed by atoms with E-state index < -0.39 is 5.60 Å². The summed E-state index contributed by atoms with van der Waals surface area (Å²) in [6.07, 6.45) is 3.09. The van der Waals surface area contributed by atoms with Gasteiger partial charge in [-0.1, -0.05) is 0 Å². The zero-order chi connectivity index (χ0) is 19.3. The van der Waals surface area contributed by atoms with E-state index in [-0.39, 0.29) is 18.3 Å². The number of amides is 1. The van der Waals surface area contributed by atoms with Crippen molar-refractivity contribution in [1.82, 2.24) is 15.6 Å². The summed E-state index contributed by atoms with van der Waals surface area (Å²) in [7, 11) is 4.92. The van der Waals surface area contributed by atoms with Gasteiger partial charge in [0.1, 0.15) is 17.1 Å². The molecule has 1 aromatic heterocycles. The Morgan fingerprint density at radius 3 is 2.54 bits per heavy atom. The topological polar surface area (TPSA) is 84.6 Å². The minimum Gasteiger partial charge on any atom is -0.497 e. The molecule has 2 heterocycles. The van der Waals surface area contributed by atoms with Crippen LogP contribution in [0.15, 0.2) is 18.2 Å². The van der Waals surface area contributed by atoms with E-state index in [4.69, 9.17) is 14.2 Å². The van der Waals surface area contributed by atoms with Crippen molar-refractivity contribution in [3.63, 3.8) is 0 Å². The van der Waals surface area contributed by atoms with Crippen LogP contribution in [0.25, 0.3) is 10.9 Å². The molecule has 0 unspecified atom stereocenters. The van der Waals surface area contributed by atoms with Crippen LogP contribution in [0.4, 0.5) is 0 Å². The number of carbonyl (C=O) groups excluding carboxylic acids is 1. The Kier molecular flexibility index (Phi) is 7.98. The van der Waals surface area contributed by atoms with Gasteiger partial charge in [-0.15, -0.1) is 12.4 Å². The van der Waals surface area contributed by atoms with Gasteiger partial charge in [0, 0.05) is 36.9 Å². The number of piperidine rings is 1. The first-order chi connectivity index (χ1) is 13.1. The molecule has 3 N–H and O–H groups in total. The van der Waals surface area contributed by atoms with Crippen LogP contribution in [0.2, 0.25) is 0 Å². The molecule has 0 radical (unpaired) electrons. The Hall–Kier alpha value is -1.96. The number of ether oxygens (including phenoxy) is 3. The van der Waals surface area contributed by atoms with Crippen LogP contribution in [0, 0.1) is 0 Å². The molecule has 1 amide bonds. The summed E-state index contributed by atoms with van der Waals surface area (Å²) >= 11 is 0. The van der Waals surface area contributed by atoms with E-state index in [2.05, 4.69) is 21.7 Å². The molecule has 0 atom stereocenters. The number of benzene rings is 1. The van der Waals surface area contributed by atoms with Crippen molar-refractivity contribution in [2.45, 2.75) is 31.3 Å². The minimum absolute atomic E-state index is 0. The number of halogens is 1. The van der Waals surface area contributed by atoms with Gasteiger partial charge in [-0.3, -0.25) is 4.79 Å². The van der Waals surface area contributed by atoms with Gasteiger partial charge < -0.3 is 29.8 Å². The lowest BCUT2D eigenvalue weighted by Crippen LogP contribution is -2.54. The fraction of sp³-hybridized carbons (Fsp3) is 0.550. The van der Waals surface area contributed by atoms with E-state index in [1.807, 2.05) is 12.1 Å². The number of aryl methyl sites for hydroxylation is 1. The van der Waals surface area contributed by atoms with Crippen LogP contribution in [-0.2, 0) is 16.0 Å². The summed E-state index contributed by atoms with van der Waals surface area (Å²) in [6.45, 7) is 2.23. The number of nitrogens with one attached hydrogen (secondary N) is 3. The second-order valence-corrected chi connectivity index (χ2v) is 6.89. The Labute approximate surface area is 171 Å². The second kappa shape index (κ2) is 10.0. The van der Waals surface area contributed by atoms with Crippen molar-refractivity contribution in [3.05, 3.63) is 23.9 Å². The van der Waals surface area contributed by atoms with Gasteiger partial charge in [0.25, 0.3) is 5.91 Å². The van der Waals surface area contributed by atoms with Crippen molar-refractivity contribution in [1.29, 1.82) is 0 Å². The standard InChI is InChI=1S/C20H29N3O4.ClH/c1-25-15-12-17-16(18(13-15)26-2)11-14(23-17)5-4-8-22-19(24)20(27-3)6-9-21-10-7-20;/h11-13,21,23H,4-10H2,1-3H3,(H,22,24);1H. The van der Waals surface area contributed by atoms with E-state index >= 15 is 0 Å². The Balaban J connectivity index is 0.00000280. The number of rotatable bonds is 8. The number of fused-ring (bicyclic) bond motifs is 1. The quantitative estimate of drug-likeness (QED) is 0.581. The fourth-order valence-corrected chi connectivity index (χ4v) is 3.65. The van der Waals surface area contributed by atoms with Gasteiger partial charge in [-0.25, -0.2) is 0 Å². The maximum Gasteiger partial charge on any atom is 0.252 e. The first-order valence-corrected chi connectivity index (χ1v) is 9.39. The molecule has 7 nitrogen and oxygen atoms in total. The number of aromatic amines is 1. The lowest BCUT2D eigenvalue weighted by atomic mass is 9.91. The molecular formula is C20H30ClN3O4. The van der Waals surface area contributed by atoms with E-state index in [0.29, 0.717) is 19.4 Å². The summed E-state index contributed by atoms with van der Waals surface area (Å²) < 4.78 is 16.3. The molecule has 0 aliphatic carbocycles. The SMILES string of the molecule is COc1cc(OC)c2cc(CCCNC(=O)C3(OC)CCNCC3)[nH]c2c1.Cl. The molecule has 1 aliphatic rings. The summed E-state index contributed by atoms with van der Waals surface area (Å²) in [5, 5.41) is 7.34. The minimum atomic E-state index is -0.684. The molecular weight excluding hydrogens is 382 g/mol. The molecule has 0 bridgehead atoms. The zero-order valence-corrected chi connectivity index (χ0v) is 17.5. The highest BCUT2D eigenvalue weighted by Gasteiger charge is 2.39. The number of methoxy groups -OCH3 is 3. The van der Waals surface area contributed by atoms with Crippen LogP contribution < -0.4 is 20.1 Å². The Morgan fingerprint density at radius 2 is 1.89 bits per heavy atom. The Morgan fingerprint density at radius 1 is 1.14 bits per heavy atom. The van der Waals surface area contributed by atoms with Crippen molar-refractivity contribution < 1.29 is 19.0 Å². The highest BCUT2D eigenvalue weighted by molar-refractivity contribution is 5.88. The molecule has 0 saturated carbocycles. The van der Waals surface area contributed by atoms with Gasteiger partial charge >= 0.3 is 0 Å². The number of carbonyl (C=O) groups is 1. The van der Waals surface area contributed by atoms with E-state index in [9.17, 15) is 4.79 Å². The van der Waals surface area contributed by atoms with E-state index in [1.54, 1.807) is 21.3 Å². The number of H-pyrrole nitrogens is 1. The summed E-state index contributed by atoms with van der Waals surface area (Å²) in [5.74, 6) is 1.54. The van der Waals surface area contributed by atoms with Crippen LogP contribution >= 0.6 is 12.4 Å². The largest absolute Gasteiger partial charge is 0.497 e. The normalized spacial score (nSPS) is 15.7. The third kappa shape index (κ3) is 4.71. The van der Waals surface area contributed by atoms with E-state index in [0.717, 1.165) is 54.0 Å². The predicted octanol–water partition coefficient (Wildman–Crippen LogP) is 2.42. The smallest absolute Gasteiger partial charge is 0.252 e. The van der Waals surface area contributed by atoms with Crippen molar-refractivity contribution in [2.75, 3.05) is 41.0 Å². The Bertz CT molecular complexity index is 787. The lowest BCUT2D eigenvalue weighted by molar-refractivity contribution is -0.146. The number of hydrogen-bond donors (Lipinski definition) is 3. The second-order valence-electron chi connectivity index (χ2n) is 6.89. The maximum atomic E-state index is 12.6. The molecule has 8 heteroatoms. The summed E-state index contributed by atoms with van der Waals surface area (Å²) in [5.41, 5.74) is 1.41. The van der Waals surface area contributed by atoms with E-state index in [1.165, 1.54) is 0 Å². The number of aromatic nitrogens is 1. The molecule has 1 aromatic carbocycles. The highest BCUT2D eigenvalue weighted by Crippen LogP contribution is 2.31. The summed E-state index contributed by atoms with van der Waals surface area (Å²) in [6, 6.07) is 5.94. The molecule has 0 spiro atoms. The molecule has 2 aromatic rings. The molecule has 28 heavy (non-hydrogen) atoms. The van der Waals surface area contributed by atoms with Crippen LogP contribution in [0.3, 0.4) is 0 Å². The molecule has 1 aliphatic heterocycles. The number of hydrogen-bond acceptors (Lipinski definition) is 5. The first kappa shape index (κ1) is 22.3. The maximum absolute atomic E-state index is 12.6. The molecule has 1 saturated heterocycles. The molecule has 1 fully saturated rings. The predicted molar refractivity (Wildman–Crippen MR) is 112 cm³/mol. The fourth-order valence-electron chi connectivity index (χ4n) is 3.65. The molecule has 156 valence electrons. The molecule has 3 rings (SSSR count). The van der Waals surface area contributed by atoms with Crippen molar-refractivity contribution >= 4 is 29.2 Å². The monoisotopic (exact) mass is 411 g/mol. The third-order valence-corrected chi connectivity index (χ3v) is 5.31. The third-order valence-electron chi connectivity index (χ3n) is 5.31. The zero-order valence-electron chi connectivity index (χ0n) is 16.7. The lowest BCUT2D eigenvalue weighted by Gasteiger charge is -2.34. The van der Waals surface area contributed by atoms with Gasteiger partial charge in [0.05, 0.1) is 19.7 Å². The highest BCUT2D eigenvalue weighted by atomic mass is 35.5. The van der Waals surface area contributed by atoms with Crippen molar-refractivity contribution in [3.8, 4) is 11.5 Å². The first-order valence-electron chi connectivity index (χ1n) is 9.39. The van der Waals surface area contributed by atoms with Gasteiger partial charge in [0.2, 0.25) is 0 Å².